The van der Waals surface area contributed by atoms with E-state index in [2.05, 4.69) is 0 Å². The van der Waals surface area contributed by atoms with Gasteiger partial charge in [0.05, 0.1) is 4.90 Å². The lowest BCUT2D eigenvalue weighted by atomic mass is 10.2. The van der Waals surface area contributed by atoms with Crippen LogP contribution in [0.15, 0.2) is 46.7 Å². The van der Waals surface area contributed by atoms with Crippen molar-refractivity contribution in [1.82, 2.24) is 0 Å². The molecule has 1 heterocycles. The van der Waals surface area contributed by atoms with Crippen molar-refractivity contribution in [3.63, 3.8) is 0 Å². The molecule has 0 saturated heterocycles. The van der Waals surface area contributed by atoms with Crippen molar-refractivity contribution in [2.75, 3.05) is 0 Å². The summed E-state index contributed by atoms with van der Waals surface area (Å²) in [6, 6.07) is 10.0. The molecule has 0 aliphatic carbocycles. The highest BCUT2D eigenvalue weighted by Crippen LogP contribution is 2.25. The third-order valence-electron chi connectivity index (χ3n) is 1.96. The Hall–Kier alpha value is -1.17. The highest BCUT2D eigenvalue weighted by atomic mass is 32.2. The molecule has 3 nitrogen and oxygen atoms in total. The normalized spacial score (nSPS) is 11.5. The van der Waals surface area contributed by atoms with Gasteiger partial charge in [0.25, 0.3) is 10.1 Å². The Balaban J connectivity index is 2.42. The first kappa shape index (κ1) is 10.4. The largest absolute Gasteiger partial charge is 0.294 e. The smallest absolute Gasteiger partial charge is 0.282 e. The van der Waals surface area contributed by atoms with E-state index < -0.39 is 10.1 Å². The van der Waals surface area contributed by atoms with Gasteiger partial charge in [-0.15, -0.1) is 11.3 Å². The zero-order valence-corrected chi connectivity index (χ0v) is 9.25. The van der Waals surface area contributed by atoms with Gasteiger partial charge in [-0.1, -0.05) is 18.2 Å². The lowest BCUT2D eigenvalue weighted by molar-refractivity contribution is 0.483. The average Bonchev–Trinajstić information content (AvgIpc) is 2.69. The zero-order chi connectivity index (χ0) is 10.9. The van der Waals surface area contributed by atoms with Crippen LogP contribution >= 0.6 is 11.3 Å². The maximum Gasteiger partial charge on any atom is 0.294 e. The fraction of sp³-hybridized carbons (Fsp3) is 0. The first-order valence-corrected chi connectivity index (χ1v) is 6.51. The minimum absolute atomic E-state index is 0.0807. The fourth-order valence-corrected chi connectivity index (χ4v) is 2.45. The summed E-state index contributed by atoms with van der Waals surface area (Å²) in [5.74, 6) is 0. The molecule has 5 heteroatoms. The van der Waals surface area contributed by atoms with Gasteiger partial charge in [-0.25, -0.2) is 0 Å². The van der Waals surface area contributed by atoms with Crippen LogP contribution < -0.4 is 0 Å². The molecule has 15 heavy (non-hydrogen) atoms. The van der Waals surface area contributed by atoms with E-state index in [1.165, 1.54) is 12.1 Å². The summed E-state index contributed by atoms with van der Waals surface area (Å²) >= 11 is 1.58. The highest BCUT2D eigenvalue weighted by molar-refractivity contribution is 7.85. The SMILES string of the molecule is O=S(=O)(O)c1ccc(-c2cccs2)cc1. The van der Waals surface area contributed by atoms with Crippen molar-refractivity contribution < 1.29 is 13.0 Å². The molecule has 0 saturated carbocycles. The van der Waals surface area contributed by atoms with Crippen molar-refractivity contribution >= 4 is 21.5 Å². The van der Waals surface area contributed by atoms with Gasteiger partial charge < -0.3 is 0 Å². The van der Waals surface area contributed by atoms with Crippen molar-refractivity contribution in [3.8, 4) is 10.4 Å². The molecule has 2 aromatic rings. The third kappa shape index (κ3) is 2.26. The van der Waals surface area contributed by atoms with Crippen LogP contribution in [-0.2, 0) is 10.1 Å². The fourth-order valence-electron chi connectivity index (χ4n) is 1.23. The number of thiophene rings is 1. The minimum Gasteiger partial charge on any atom is -0.282 e. The molecular weight excluding hydrogens is 232 g/mol. The maximum absolute atomic E-state index is 10.8. The molecule has 0 fully saturated rings. The van der Waals surface area contributed by atoms with E-state index in [1.54, 1.807) is 23.5 Å². The van der Waals surface area contributed by atoms with Crippen LogP contribution in [0.5, 0.6) is 0 Å². The number of rotatable bonds is 2. The van der Waals surface area contributed by atoms with Gasteiger partial charge >= 0.3 is 0 Å². The second kappa shape index (κ2) is 3.77. The number of hydrogen-bond donors (Lipinski definition) is 1. The summed E-state index contributed by atoms with van der Waals surface area (Å²) in [5, 5.41) is 1.95. The van der Waals surface area contributed by atoms with E-state index in [-0.39, 0.29) is 4.90 Å². The molecule has 0 unspecified atom stereocenters. The van der Waals surface area contributed by atoms with Crippen molar-refractivity contribution in [1.29, 1.82) is 0 Å². The summed E-state index contributed by atoms with van der Waals surface area (Å²) in [4.78, 5) is 0.986. The van der Waals surface area contributed by atoms with Crippen molar-refractivity contribution in [2.24, 2.45) is 0 Å². The van der Waals surface area contributed by atoms with Gasteiger partial charge in [-0.05, 0) is 29.1 Å². The van der Waals surface area contributed by atoms with Gasteiger partial charge in [0.15, 0.2) is 0 Å². The Kier molecular flexibility index (Phi) is 2.60. The summed E-state index contributed by atoms with van der Waals surface area (Å²) in [6.45, 7) is 0. The van der Waals surface area contributed by atoms with Crippen molar-refractivity contribution in [2.45, 2.75) is 4.90 Å². The van der Waals surface area contributed by atoms with Crippen LogP contribution in [0.2, 0.25) is 0 Å². The first-order valence-electron chi connectivity index (χ1n) is 4.19. The summed E-state index contributed by atoms with van der Waals surface area (Å²) in [5.41, 5.74) is 0.942. The molecule has 0 radical (unpaired) electrons. The minimum atomic E-state index is -4.08. The van der Waals surface area contributed by atoms with E-state index >= 15 is 0 Å². The Morgan fingerprint density at radius 2 is 1.73 bits per heavy atom. The van der Waals surface area contributed by atoms with Crippen LogP contribution in [-0.4, -0.2) is 13.0 Å². The second-order valence-electron chi connectivity index (χ2n) is 2.98. The quantitative estimate of drug-likeness (QED) is 0.821. The topological polar surface area (TPSA) is 54.4 Å². The second-order valence-corrected chi connectivity index (χ2v) is 5.35. The van der Waals surface area contributed by atoms with Crippen LogP contribution in [0.1, 0.15) is 0 Å². The van der Waals surface area contributed by atoms with Gasteiger partial charge in [0, 0.05) is 4.88 Å². The monoisotopic (exact) mass is 240 g/mol. The van der Waals surface area contributed by atoms with E-state index in [0.717, 1.165) is 10.4 Å². The third-order valence-corrected chi connectivity index (χ3v) is 3.74. The van der Waals surface area contributed by atoms with Crippen LogP contribution in [0.25, 0.3) is 10.4 Å². The highest BCUT2D eigenvalue weighted by Gasteiger charge is 2.08. The molecule has 0 aliphatic heterocycles. The Labute approximate surface area is 91.8 Å². The predicted molar refractivity (Wildman–Crippen MR) is 59.6 cm³/mol. The maximum atomic E-state index is 10.8. The van der Waals surface area contributed by atoms with E-state index in [4.69, 9.17) is 4.55 Å². The number of benzene rings is 1. The Bertz CT molecular complexity index is 539. The molecule has 0 amide bonds. The van der Waals surface area contributed by atoms with Gasteiger partial charge in [-0.2, -0.15) is 8.42 Å². The molecule has 0 spiro atoms. The molecule has 1 N–H and O–H groups in total. The molecule has 78 valence electrons. The van der Waals surface area contributed by atoms with E-state index in [1.807, 2.05) is 17.5 Å². The molecule has 0 atom stereocenters. The van der Waals surface area contributed by atoms with Crippen LogP contribution in [0, 0.1) is 0 Å². The van der Waals surface area contributed by atoms with Gasteiger partial charge in [0.2, 0.25) is 0 Å². The van der Waals surface area contributed by atoms with Crippen LogP contribution in [0.4, 0.5) is 0 Å². The summed E-state index contributed by atoms with van der Waals surface area (Å²) in [7, 11) is -4.08. The van der Waals surface area contributed by atoms with E-state index in [9.17, 15) is 8.42 Å². The first-order chi connectivity index (χ1) is 7.07. The Morgan fingerprint density at radius 1 is 1.07 bits per heavy atom. The van der Waals surface area contributed by atoms with Crippen LogP contribution in [0.3, 0.4) is 0 Å². The zero-order valence-electron chi connectivity index (χ0n) is 7.62. The molecule has 2 rings (SSSR count). The van der Waals surface area contributed by atoms with E-state index in [0.29, 0.717) is 0 Å². The molecule has 1 aromatic heterocycles. The molecule has 0 aliphatic rings. The lowest BCUT2D eigenvalue weighted by Crippen LogP contribution is -1.96. The molecule has 1 aromatic carbocycles. The Morgan fingerprint density at radius 3 is 2.20 bits per heavy atom. The predicted octanol–water partition coefficient (Wildman–Crippen LogP) is 2.66. The average molecular weight is 240 g/mol. The summed E-state index contributed by atoms with van der Waals surface area (Å²) in [6.07, 6.45) is 0. The van der Waals surface area contributed by atoms with Crippen molar-refractivity contribution in [3.05, 3.63) is 41.8 Å². The number of hydrogen-bond acceptors (Lipinski definition) is 3. The molecule has 0 bridgehead atoms. The molecular formula is C10H8O3S2. The summed E-state index contributed by atoms with van der Waals surface area (Å²) < 4.78 is 30.4. The van der Waals surface area contributed by atoms with Gasteiger partial charge in [-0.3, -0.25) is 4.55 Å². The van der Waals surface area contributed by atoms with Gasteiger partial charge in [0.1, 0.15) is 0 Å². The lowest BCUT2D eigenvalue weighted by Gasteiger charge is -1.99. The standard InChI is InChI=1S/C10H8O3S2/c11-15(12,13)9-5-3-8(4-6-9)10-2-1-7-14-10/h1-7H,(H,11,12,13).